The Hall–Kier alpha value is -4.25. The molecule has 10 nitrogen and oxygen atoms in total. The first-order chi connectivity index (χ1) is 20.4. The van der Waals surface area contributed by atoms with Gasteiger partial charge in [0.15, 0.2) is 28.2 Å². The first-order valence-electron chi connectivity index (χ1n) is 14.3. The van der Waals surface area contributed by atoms with E-state index in [4.69, 9.17) is 27.9 Å². The van der Waals surface area contributed by atoms with Crippen LogP contribution in [0.5, 0.6) is 23.1 Å². The Morgan fingerprint density at radius 3 is 2.47 bits per heavy atom. The molecule has 0 fully saturated rings. The van der Waals surface area contributed by atoms with Crippen molar-refractivity contribution in [3.8, 4) is 34.5 Å². The summed E-state index contributed by atoms with van der Waals surface area (Å²) in [5, 5.41) is -0.482. The van der Waals surface area contributed by atoms with Crippen LogP contribution in [0, 0.1) is 6.92 Å². The SMILES string of the molecule is [2H]c1c([2H])c([2H])c(OC([2H])([2H])[2H])c(Oc2c(NS(=O)(=O)c3ccc(C)cn3)nc(-c3ccncc3)nc2OC([2H])([2H])[2H])c1[2H]. The fourth-order valence-corrected chi connectivity index (χ4v) is 3.55. The van der Waals surface area contributed by atoms with Crippen LogP contribution >= 0.6 is 0 Å². The van der Waals surface area contributed by atoms with E-state index in [1.165, 1.54) is 42.9 Å². The van der Waals surface area contributed by atoms with Crippen LogP contribution < -0.4 is 18.9 Å². The number of nitrogens with one attached hydrogen (secondary N) is 1. The molecule has 3 aromatic heterocycles. The largest absolute Gasteiger partial charge is 0.493 e. The average molecular weight is 490 g/mol. The minimum absolute atomic E-state index is 0.226. The van der Waals surface area contributed by atoms with E-state index in [1.807, 2.05) is 0 Å². The molecule has 0 aliphatic rings. The van der Waals surface area contributed by atoms with E-state index >= 15 is 0 Å². The number of benzene rings is 1. The number of ether oxygens (including phenoxy) is 3. The monoisotopic (exact) mass is 489 g/mol. The molecule has 0 aliphatic heterocycles. The van der Waals surface area contributed by atoms with E-state index in [1.54, 1.807) is 6.92 Å². The number of aryl methyl sites for hydroxylation is 1. The Bertz CT molecular complexity index is 1810. The standard InChI is InChI=1S/C23H21N5O5S/c1-15-8-9-19(25-14-15)34(29,30)28-22-20(33-18-7-5-4-6-17(18)31-2)23(32-3)27-21(26-22)16-10-12-24-13-11-16/h4-14H,1-3H3,(H,26,27,28)/i2D3,3D3,4D,5D,6D,7D. The van der Waals surface area contributed by atoms with Crippen molar-refractivity contribution in [2.24, 2.45) is 0 Å². The van der Waals surface area contributed by atoms with Gasteiger partial charge in [-0.1, -0.05) is 18.2 Å². The van der Waals surface area contributed by atoms with Crippen LogP contribution in [-0.2, 0) is 10.0 Å². The van der Waals surface area contributed by atoms with Gasteiger partial charge in [-0.3, -0.25) is 9.71 Å². The molecule has 0 spiro atoms. The Kier molecular flexibility index (Phi) is 3.84. The lowest BCUT2D eigenvalue weighted by atomic mass is 10.2. The van der Waals surface area contributed by atoms with Gasteiger partial charge in [-0.25, -0.2) is 9.97 Å². The highest BCUT2D eigenvalue weighted by Crippen LogP contribution is 2.41. The number of aromatic nitrogens is 4. The summed E-state index contributed by atoms with van der Waals surface area (Å²) in [5.41, 5.74) is 0.868. The summed E-state index contributed by atoms with van der Waals surface area (Å²) in [6, 6.07) is 1.79. The highest BCUT2D eigenvalue weighted by atomic mass is 32.2. The zero-order valence-electron chi connectivity index (χ0n) is 27.3. The molecule has 0 amide bonds. The molecule has 3 heterocycles. The summed E-state index contributed by atoms with van der Waals surface area (Å²) in [6.45, 7) is 1.67. The first-order valence-corrected chi connectivity index (χ1v) is 10.8. The summed E-state index contributed by atoms with van der Waals surface area (Å²) >= 11 is 0. The average Bonchev–Trinajstić information content (AvgIpc) is 2.92. The molecule has 0 aliphatic carbocycles. The zero-order valence-corrected chi connectivity index (χ0v) is 18.1. The number of para-hydroxylation sites is 2. The molecule has 0 saturated carbocycles. The van der Waals surface area contributed by atoms with Crippen LogP contribution in [0.3, 0.4) is 0 Å². The number of hydrogen-bond donors (Lipinski definition) is 1. The maximum Gasteiger partial charge on any atom is 0.280 e. The van der Waals surface area contributed by atoms with Crippen LogP contribution in [0.1, 0.15) is 19.3 Å². The van der Waals surface area contributed by atoms with E-state index < -0.39 is 82.2 Å². The van der Waals surface area contributed by atoms with Crippen molar-refractivity contribution < 1.29 is 36.3 Å². The summed E-state index contributed by atoms with van der Waals surface area (Å²) in [7, 11) is -11.0. The number of methoxy groups -OCH3 is 2. The third-order valence-electron chi connectivity index (χ3n) is 4.19. The third-order valence-corrected chi connectivity index (χ3v) is 5.44. The van der Waals surface area contributed by atoms with Gasteiger partial charge in [0.05, 0.1) is 27.8 Å². The second-order valence-corrected chi connectivity index (χ2v) is 8.14. The molecule has 0 radical (unpaired) electrons. The summed E-state index contributed by atoms with van der Waals surface area (Å²) in [5.74, 6) is -4.81. The van der Waals surface area contributed by atoms with E-state index in [9.17, 15) is 8.42 Å². The topological polar surface area (TPSA) is 125 Å². The van der Waals surface area contributed by atoms with Gasteiger partial charge in [-0.2, -0.15) is 13.4 Å². The molecule has 1 N–H and O–H groups in total. The summed E-state index contributed by atoms with van der Waals surface area (Å²) in [4.78, 5) is 16.0. The molecule has 0 unspecified atom stereocenters. The van der Waals surface area contributed by atoms with Crippen molar-refractivity contribution >= 4 is 15.8 Å². The summed E-state index contributed by atoms with van der Waals surface area (Å²) in [6.07, 6.45) is 3.98. The Morgan fingerprint density at radius 2 is 1.76 bits per heavy atom. The van der Waals surface area contributed by atoms with Crippen molar-refractivity contribution in [1.29, 1.82) is 0 Å². The van der Waals surface area contributed by atoms with Crippen LogP contribution in [0.15, 0.2) is 72.1 Å². The molecular formula is C23H21N5O5S. The normalized spacial score (nSPS) is 16.0. The lowest BCUT2D eigenvalue weighted by Gasteiger charge is -2.17. The number of pyridine rings is 2. The number of nitrogens with zero attached hydrogens (tertiary/aromatic N) is 4. The molecule has 4 rings (SSSR count). The highest BCUT2D eigenvalue weighted by Gasteiger charge is 2.25. The number of sulfonamides is 1. The van der Waals surface area contributed by atoms with Crippen molar-refractivity contribution in [2.75, 3.05) is 18.8 Å². The maximum absolute atomic E-state index is 13.4. The zero-order chi connectivity index (χ0) is 32.6. The highest BCUT2D eigenvalue weighted by molar-refractivity contribution is 7.92. The quantitative estimate of drug-likeness (QED) is 0.393. The van der Waals surface area contributed by atoms with Crippen molar-refractivity contribution in [3.05, 3.63) is 72.6 Å². The van der Waals surface area contributed by atoms with Gasteiger partial charge in [-0.15, -0.1) is 0 Å². The van der Waals surface area contributed by atoms with E-state index in [2.05, 4.69) is 24.7 Å². The molecule has 0 saturated heterocycles. The van der Waals surface area contributed by atoms with Crippen LogP contribution in [0.4, 0.5) is 5.82 Å². The summed E-state index contributed by atoms with van der Waals surface area (Å²) < 4.78 is 122. The van der Waals surface area contributed by atoms with Crippen molar-refractivity contribution in [3.63, 3.8) is 0 Å². The van der Waals surface area contributed by atoms with Gasteiger partial charge in [0.2, 0.25) is 5.75 Å². The fraction of sp³-hybridized carbons (Fsp3) is 0.130. The van der Waals surface area contributed by atoms with E-state index in [0.717, 1.165) is 0 Å². The lowest BCUT2D eigenvalue weighted by Crippen LogP contribution is -2.17. The van der Waals surface area contributed by atoms with Gasteiger partial charge in [0.25, 0.3) is 15.9 Å². The molecule has 34 heavy (non-hydrogen) atoms. The fourth-order valence-electron chi connectivity index (χ4n) is 2.62. The molecule has 11 heteroatoms. The van der Waals surface area contributed by atoms with Crippen molar-refractivity contribution in [2.45, 2.75) is 11.9 Å². The Morgan fingerprint density at radius 1 is 1.00 bits per heavy atom. The van der Waals surface area contributed by atoms with Crippen LogP contribution in [0.2, 0.25) is 0 Å². The molecule has 0 bridgehead atoms. The second kappa shape index (κ2) is 9.71. The predicted octanol–water partition coefficient (Wildman–Crippen LogP) is 3.85. The minimum atomic E-state index is -4.59. The third kappa shape index (κ3) is 4.89. The maximum atomic E-state index is 13.4. The van der Waals surface area contributed by atoms with Gasteiger partial charge < -0.3 is 14.2 Å². The van der Waals surface area contributed by atoms with Crippen molar-refractivity contribution in [1.82, 2.24) is 19.9 Å². The number of anilines is 1. The van der Waals surface area contributed by atoms with Gasteiger partial charge in [0.1, 0.15) is 0 Å². The molecule has 0 atom stereocenters. The van der Waals surface area contributed by atoms with Crippen LogP contribution in [-0.4, -0.2) is 42.4 Å². The molecule has 1 aromatic carbocycles. The Labute approximate surface area is 210 Å². The lowest BCUT2D eigenvalue weighted by molar-refractivity contribution is 0.348. The molecule has 174 valence electrons. The first kappa shape index (κ1) is 13.5. The minimum Gasteiger partial charge on any atom is -0.493 e. The van der Waals surface area contributed by atoms with Crippen LogP contribution in [0.25, 0.3) is 11.4 Å². The Balaban J connectivity index is 2.03. The van der Waals surface area contributed by atoms with Gasteiger partial charge in [0, 0.05) is 24.2 Å². The van der Waals surface area contributed by atoms with E-state index in [-0.39, 0.29) is 11.4 Å². The van der Waals surface area contributed by atoms with Gasteiger partial charge >= 0.3 is 0 Å². The number of rotatable bonds is 8. The smallest absolute Gasteiger partial charge is 0.280 e. The molecule has 4 aromatic rings. The van der Waals surface area contributed by atoms with E-state index in [0.29, 0.717) is 5.56 Å². The van der Waals surface area contributed by atoms with Gasteiger partial charge in [-0.05, 0) is 42.8 Å². The second-order valence-electron chi connectivity index (χ2n) is 6.51. The number of hydrogen-bond acceptors (Lipinski definition) is 9. The predicted molar refractivity (Wildman–Crippen MR) is 125 cm³/mol. The molecular weight excluding hydrogens is 458 g/mol.